The summed E-state index contributed by atoms with van der Waals surface area (Å²) in [6.07, 6.45) is 0. The Hall–Kier alpha value is -1.44. The van der Waals surface area contributed by atoms with E-state index in [2.05, 4.69) is 20.7 Å². The van der Waals surface area contributed by atoms with Gasteiger partial charge in [-0.15, -0.1) is 0 Å². The Morgan fingerprint density at radius 3 is 2.60 bits per heavy atom. The molecule has 0 aliphatic heterocycles. The number of hydrogen-bond acceptors (Lipinski definition) is 3. The largest absolute Gasteiger partial charge is 0.398 e. The first kappa shape index (κ1) is 15.0. The Kier molecular flexibility index (Phi) is 4.42. The Balaban J connectivity index is 2.22. The highest BCUT2D eigenvalue weighted by Crippen LogP contribution is 2.20. The van der Waals surface area contributed by atoms with Gasteiger partial charge in [0.25, 0.3) is 0 Å². The van der Waals surface area contributed by atoms with Crippen LogP contribution >= 0.6 is 15.9 Å². The third kappa shape index (κ3) is 3.36. The van der Waals surface area contributed by atoms with Crippen molar-refractivity contribution in [2.24, 2.45) is 0 Å². The van der Waals surface area contributed by atoms with Crippen molar-refractivity contribution >= 4 is 31.6 Å². The van der Waals surface area contributed by atoms with Crippen LogP contribution < -0.4 is 10.5 Å². The summed E-state index contributed by atoms with van der Waals surface area (Å²) in [5, 5.41) is 0. The molecule has 20 heavy (non-hydrogen) atoms. The lowest BCUT2D eigenvalue weighted by atomic mass is 10.2. The molecule has 0 heterocycles. The Bertz CT molecular complexity index is 735. The summed E-state index contributed by atoms with van der Waals surface area (Å²) < 4.78 is 40.4. The SMILES string of the molecule is Nc1ccccc1S(=O)(=O)NCc1cc(F)ccc1Br. The third-order valence-electron chi connectivity index (χ3n) is 2.67. The van der Waals surface area contributed by atoms with Crippen molar-refractivity contribution in [1.29, 1.82) is 0 Å². The number of anilines is 1. The normalized spacial score (nSPS) is 11.5. The van der Waals surface area contributed by atoms with Crippen molar-refractivity contribution in [3.05, 3.63) is 58.3 Å². The van der Waals surface area contributed by atoms with Gasteiger partial charge in [-0.1, -0.05) is 28.1 Å². The van der Waals surface area contributed by atoms with Crippen molar-refractivity contribution in [3.63, 3.8) is 0 Å². The average Bonchev–Trinajstić information content (AvgIpc) is 2.40. The topological polar surface area (TPSA) is 72.2 Å². The molecule has 0 aliphatic rings. The molecule has 0 spiro atoms. The number of nitrogens with one attached hydrogen (secondary N) is 1. The van der Waals surface area contributed by atoms with Crippen LogP contribution in [0.5, 0.6) is 0 Å². The van der Waals surface area contributed by atoms with Gasteiger partial charge in [-0.3, -0.25) is 0 Å². The van der Waals surface area contributed by atoms with E-state index in [-0.39, 0.29) is 17.1 Å². The van der Waals surface area contributed by atoms with Crippen LogP contribution in [0.4, 0.5) is 10.1 Å². The Labute approximate surface area is 125 Å². The van der Waals surface area contributed by atoms with Gasteiger partial charge in [0.15, 0.2) is 0 Å². The lowest BCUT2D eigenvalue weighted by molar-refractivity contribution is 0.580. The molecule has 7 heteroatoms. The van der Waals surface area contributed by atoms with Crippen LogP contribution in [-0.2, 0) is 16.6 Å². The van der Waals surface area contributed by atoms with Gasteiger partial charge >= 0.3 is 0 Å². The monoisotopic (exact) mass is 358 g/mol. The molecule has 0 saturated heterocycles. The van der Waals surface area contributed by atoms with Gasteiger partial charge in [-0.25, -0.2) is 17.5 Å². The minimum absolute atomic E-state index is 0.00697. The molecular weight excluding hydrogens is 347 g/mol. The Morgan fingerprint density at radius 2 is 1.90 bits per heavy atom. The number of nitrogen functional groups attached to an aromatic ring is 1. The van der Waals surface area contributed by atoms with Crippen molar-refractivity contribution in [1.82, 2.24) is 4.72 Å². The van der Waals surface area contributed by atoms with Crippen LogP contribution in [0.15, 0.2) is 51.8 Å². The molecule has 0 bridgehead atoms. The first-order valence-corrected chi connectivity index (χ1v) is 7.96. The lowest BCUT2D eigenvalue weighted by Gasteiger charge is -2.10. The standard InChI is InChI=1S/C13H12BrFN2O2S/c14-11-6-5-10(15)7-9(11)8-17-20(18,19)13-4-2-1-3-12(13)16/h1-7,17H,8,16H2. The van der Waals surface area contributed by atoms with Crippen LogP contribution in [-0.4, -0.2) is 8.42 Å². The minimum Gasteiger partial charge on any atom is -0.398 e. The van der Waals surface area contributed by atoms with Gasteiger partial charge in [-0.2, -0.15) is 0 Å². The molecule has 0 unspecified atom stereocenters. The number of sulfonamides is 1. The molecule has 106 valence electrons. The number of rotatable bonds is 4. The molecule has 4 nitrogen and oxygen atoms in total. The van der Waals surface area contributed by atoms with E-state index in [0.717, 1.165) is 0 Å². The van der Waals surface area contributed by atoms with E-state index in [1.54, 1.807) is 12.1 Å². The van der Waals surface area contributed by atoms with Crippen LogP contribution in [0.1, 0.15) is 5.56 Å². The summed E-state index contributed by atoms with van der Waals surface area (Å²) in [6.45, 7) is -0.0327. The van der Waals surface area contributed by atoms with Crippen LogP contribution in [0, 0.1) is 5.82 Å². The highest BCUT2D eigenvalue weighted by atomic mass is 79.9. The Morgan fingerprint density at radius 1 is 1.20 bits per heavy atom. The second kappa shape index (κ2) is 5.90. The second-order valence-electron chi connectivity index (χ2n) is 4.10. The van der Waals surface area contributed by atoms with E-state index < -0.39 is 15.8 Å². The average molecular weight is 359 g/mol. The first-order chi connectivity index (χ1) is 9.40. The molecule has 0 aliphatic carbocycles. The smallest absolute Gasteiger partial charge is 0.242 e. The van der Waals surface area contributed by atoms with Crippen molar-refractivity contribution < 1.29 is 12.8 Å². The molecule has 0 atom stereocenters. The second-order valence-corrected chi connectivity index (χ2v) is 6.69. The van der Waals surface area contributed by atoms with E-state index >= 15 is 0 Å². The van der Waals surface area contributed by atoms with E-state index in [4.69, 9.17) is 5.73 Å². The van der Waals surface area contributed by atoms with E-state index in [9.17, 15) is 12.8 Å². The van der Waals surface area contributed by atoms with Gasteiger partial charge in [0.05, 0.1) is 5.69 Å². The number of para-hydroxylation sites is 1. The molecule has 0 aromatic heterocycles. The summed E-state index contributed by atoms with van der Waals surface area (Å²) in [5.74, 6) is -0.429. The van der Waals surface area contributed by atoms with Crippen LogP contribution in [0.3, 0.4) is 0 Å². The zero-order valence-electron chi connectivity index (χ0n) is 10.3. The molecule has 3 N–H and O–H groups in total. The van der Waals surface area contributed by atoms with Crippen molar-refractivity contribution in [2.45, 2.75) is 11.4 Å². The maximum absolute atomic E-state index is 13.1. The third-order valence-corrected chi connectivity index (χ3v) is 4.92. The van der Waals surface area contributed by atoms with Gasteiger partial charge < -0.3 is 5.73 Å². The summed E-state index contributed by atoms with van der Waals surface area (Å²) in [6, 6.07) is 10.2. The molecule has 0 fully saturated rings. The summed E-state index contributed by atoms with van der Waals surface area (Å²) >= 11 is 3.24. The van der Waals surface area contributed by atoms with Gasteiger partial charge in [0.1, 0.15) is 10.7 Å². The summed E-state index contributed by atoms with van der Waals surface area (Å²) in [5.41, 5.74) is 6.31. The number of halogens is 2. The number of nitrogens with two attached hydrogens (primary N) is 1. The summed E-state index contributed by atoms with van der Waals surface area (Å²) in [7, 11) is -3.74. The lowest BCUT2D eigenvalue weighted by Crippen LogP contribution is -2.24. The van der Waals surface area contributed by atoms with Crippen molar-refractivity contribution in [2.75, 3.05) is 5.73 Å². The molecule has 2 aromatic carbocycles. The molecule has 2 aromatic rings. The molecular formula is C13H12BrFN2O2S. The number of benzene rings is 2. The molecule has 2 rings (SSSR count). The molecule has 0 saturated carbocycles. The molecule has 0 radical (unpaired) electrons. The maximum Gasteiger partial charge on any atom is 0.242 e. The van der Waals surface area contributed by atoms with Crippen molar-refractivity contribution in [3.8, 4) is 0 Å². The quantitative estimate of drug-likeness (QED) is 0.825. The highest BCUT2D eigenvalue weighted by Gasteiger charge is 2.17. The number of hydrogen-bond donors (Lipinski definition) is 2. The minimum atomic E-state index is -3.74. The predicted molar refractivity (Wildman–Crippen MR) is 79.0 cm³/mol. The highest BCUT2D eigenvalue weighted by molar-refractivity contribution is 9.10. The first-order valence-electron chi connectivity index (χ1n) is 5.68. The van der Waals surface area contributed by atoms with Crippen LogP contribution in [0.2, 0.25) is 0 Å². The molecule has 0 amide bonds. The zero-order valence-corrected chi connectivity index (χ0v) is 12.7. The van der Waals surface area contributed by atoms with E-state index in [1.807, 2.05) is 0 Å². The van der Waals surface area contributed by atoms with Gasteiger partial charge in [0, 0.05) is 11.0 Å². The van der Waals surface area contributed by atoms with Gasteiger partial charge in [-0.05, 0) is 35.9 Å². The van der Waals surface area contributed by atoms with Crippen LogP contribution in [0.25, 0.3) is 0 Å². The predicted octanol–water partition coefficient (Wildman–Crippen LogP) is 2.65. The zero-order chi connectivity index (χ0) is 14.8. The fourth-order valence-corrected chi connectivity index (χ4v) is 3.18. The maximum atomic E-state index is 13.1. The van der Waals surface area contributed by atoms with E-state index in [1.165, 1.54) is 30.3 Å². The van der Waals surface area contributed by atoms with Gasteiger partial charge in [0.2, 0.25) is 10.0 Å². The fraction of sp³-hybridized carbons (Fsp3) is 0.0769. The van der Waals surface area contributed by atoms with E-state index in [0.29, 0.717) is 10.0 Å². The fourth-order valence-electron chi connectivity index (χ4n) is 1.65. The summed E-state index contributed by atoms with van der Waals surface area (Å²) in [4.78, 5) is 0.00697.